The van der Waals surface area contributed by atoms with Crippen LogP contribution in [-0.4, -0.2) is 64.2 Å². The van der Waals surface area contributed by atoms with E-state index in [0.29, 0.717) is 23.2 Å². The van der Waals surface area contributed by atoms with Gasteiger partial charge >= 0.3 is 0 Å². The largest absolute Gasteiger partial charge is 0.494 e. The van der Waals surface area contributed by atoms with Crippen molar-refractivity contribution in [1.82, 2.24) is 4.90 Å². The Morgan fingerprint density at radius 1 is 1.33 bits per heavy atom. The topological polar surface area (TPSA) is 95.2 Å². The van der Waals surface area contributed by atoms with Gasteiger partial charge in [0.25, 0.3) is 0 Å². The van der Waals surface area contributed by atoms with E-state index in [0.717, 1.165) is 31.6 Å². The van der Waals surface area contributed by atoms with Crippen LogP contribution in [0.15, 0.2) is 29.8 Å². The maximum Gasteiger partial charge on any atom is 0.247 e. The van der Waals surface area contributed by atoms with E-state index >= 15 is 0 Å². The first-order valence-electron chi connectivity index (χ1n) is 8.95. The summed E-state index contributed by atoms with van der Waals surface area (Å²) in [7, 11) is 7.42. The molecule has 1 amide bonds. The maximum atomic E-state index is 11.9. The van der Waals surface area contributed by atoms with Crippen molar-refractivity contribution in [2.75, 3.05) is 56.9 Å². The van der Waals surface area contributed by atoms with Crippen LogP contribution in [0.25, 0.3) is 0 Å². The van der Waals surface area contributed by atoms with E-state index in [-0.39, 0.29) is 11.9 Å². The van der Waals surface area contributed by atoms with Gasteiger partial charge in [0.05, 0.1) is 24.2 Å². The Morgan fingerprint density at radius 2 is 2.00 bits per heavy atom. The number of benzene rings is 1. The van der Waals surface area contributed by atoms with Gasteiger partial charge in [0.1, 0.15) is 5.75 Å². The van der Waals surface area contributed by atoms with Crippen LogP contribution in [0.2, 0.25) is 0 Å². The second-order valence-corrected chi connectivity index (χ2v) is 6.68. The molecule has 0 radical (unpaired) electrons. The van der Waals surface area contributed by atoms with Crippen LogP contribution in [0, 0.1) is 0 Å². The van der Waals surface area contributed by atoms with Gasteiger partial charge < -0.3 is 30.9 Å². The minimum absolute atomic E-state index is 0.258. The monoisotopic (exact) mass is 374 g/mol. The Balaban J connectivity index is 2.38. The third kappa shape index (κ3) is 5.13. The number of nitrogens with zero attached hydrogens (tertiary/aromatic N) is 3. The summed E-state index contributed by atoms with van der Waals surface area (Å²) < 4.78 is 5.53. The van der Waals surface area contributed by atoms with Crippen LogP contribution < -0.4 is 26.0 Å². The van der Waals surface area contributed by atoms with E-state index in [1.54, 1.807) is 14.2 Å². The summed E-state index contributed by atoms with van der Waals surface area (Å²) in [5.74, 6) is 0.615. The van der Waals surface area contributed by atoms with Gasteiger partial charge in [-0.25, -0.2) is 0 Å². The van der Waals surface area contributed by atoms with Gasteiger partial charge in [0.15, 0.2) is 5.96 Å². The Hall–Kier alpha value is -2.74. The molecule has 0 aromatic heterocycles. The summed E-state index contributed by atoms with van der Waals surface area (Å²) >= 11 is 0. The third-order valence-corrected chi connectivity index (χ3v) is 4.80. The van der Waals surface area contributed by atoms with E-state index in [2.05, 4.69) is 46.1 Å². The number of amides is 1. The molecule has 1 fully saturated rings. The molecule has 0 atom stereocenters. The van der Waals surface area contributed by atoms with Gasteiger partial charge in [-0.2, -0.15) is 0 Å². The highest BCUT2D eigenvalue weighted by Gasteiger charge is 2.24. The van der Waals surface area contributed by atoms with Crippen molar-refractivity contribution in [2.45, 2.75) is 18.9 Å². The molecule has 1 saturated heterocycles. The second kappa shape index (κ2) is 9.27. The van der Waals surface area contributed by atoms with Gasteiger partial charge in [-0.3, -0.25) is 9.79 Å². The number of nitrogens with two attached hydrogens (primary N) is 1. The number of nitrogens with one attached hydrogen (secondary N) is 2. The zero-order valence-corrected chi connectivity index (χ0v) is 16.6. The van der Waals surface area contributed by atoms with Crippen LogP contribution in [0.3, 0.4) is 0 Å². The van der Waals surface area contributed by atoms with Crippen molar-refractivity contribution < 1.29 is 9.53 Å². The maximum absolute atomic E-state index is 11.9. The molecule has 1 heterocycles. The van der Waals surface area contributed by atoms with Crippen molar-refractivity contribution in [1.29, 1.82) is 0 Å². The highest BCUT2D eigenvalue weighted by atomic mass is 16.5. The summed E-state index contributed by atoms with van der Waals surface area (Å²) in [6, 6.07) is 4.29. The summed E-state index contributed by atoms with van der Waals surface area (Å²) in [4.78, 5) is 20.4. The fourth-order valence-corrected chi connectivity index (χ4v) is 3.20. The summed E-state index contributed by atoms with van der Waals surface area (Å²) in [6.07, 6.45) is 3.36. The lowest BCUT2D eigenvalue weighted by Gasteiger charge is -2.37. The summed E-state index contributed by atoms with van der Waals surface area (Å²) in [5, 5.41) is 5.88. The third-order valence-electron chi connectivity index (χ3n) is 4.80. The van der Waals surface area contributed by atoms with Gasteiger partial charge in [-0.05, 0) is 39.1 Å². The number of piperidine rings is 1. The first-order valence-corrected chi connectivity index (χ1v) is 8.95. The molecule has 1 aromatic rings. The van der Waals surface area contributed by atoms with Gasteiger partial charge in [-0.1, -0.05) is 6.58 Å². The Morgan fingerprint density at radius 3 is 2.52 bits per heavy atom. The first-order chi connectivity index (χ1) is 12.9. The molecule has 148 valence electrons. The van der Waals surface area contributed by atoms with Crippen LogP contribution in [0.5, 0.6) is 5.75 Å². The van der Waals surface area contributed by atoms with Crippen LogP contribution in [-0.2, 0) is 4.79 Å². The predicted octanol–water partition coefficient (Wildman–Crippen LogP) is 1.71. The molecule has 0 spiro atoms. The van der Waals surface area contributed by atoms with Crippen molar-refractivity contribution >= 4 is 28.9 Å². The highest BCUT2D eigenvalue weighted by molar-refractivity contribution is 6.03. The van der Waals surface area contributed by atoms with E-state index in [9.17, 15) is 4.79 Å². The molecule has 0 saturated carbocycles. The quantitative estimate of drug-likeness (QED) is 0.399. The number of hydrogen-bond donors (Lipinski definition) is 3. The summed E-state index contributed by atoms with van der Waals surface area (Å²) in [6.45, 7) is 5.33. The number of carbonyl (C=O) groups excluding carboxylic acids is 1. The Bertz CT molecular complexity index is 708. The smallest absolute Gasteiger partial charge is 0.247 e. The van der Waals surface area contributed by atoms with E-state index in [1.165, 1.54) is 6.08 Å². The number of anilines is 3. The molecular formula is C19H30N6O2. The highest BCUT2D eigenvalue weighted by Crippen LogP contribution is 2.38. The first kappa shape index (κ1) is 20.6. The molecule has 1 aliphatic heterocycles. The lowest BCUT2D eigenvalue weighted by Crippen LogP contribution is -2.42. The Kier molecular flexibility index (Phi) is 7.06. The molecule has 27 heavy (non-hydrogen) atoms. The summed E-state index contributed by atoms with van der Waals surface area (Å²) in [5.41, 5.74) is 8.02. The lowest BCUT2D eigenvalue weighted by molar-refractivity contribution is -0.111. The van der Waals surface area contributed by atoms with Crippen LogP contribution >= 0.6 is 0 Å². The van der Waals surface area contributed by atoms with Crippen molar-refractivity contribution in [3.63, 3.8) is 0 Å². The number of rotatable bonds is 6. The van der Waals surface area contributed by atoms with Gasteiger partial charge in [0.2, 0.25) is 5.91 Å². The van der Waals surface area contributed by atoms with Crippen LogP contribution in [0.1, 0.15) is 12.8 Å². The average Bonchev–Trinajstić information content (AvgIpc) is 2.68. The molecular weight excluding hydrogens is 344 g/mol. The number of hydrogen-bond acceptors (Lipinski definition) is 5. The molecule has 8 nitrogen and oxygen atoms in total. The number of ether oxygens (including phenoxy) is 1. The molecule has 4 N–H and O–H groups in total. The van der Waals surface area contributed by atoms with Crippen molar-refractivity contribution in [3.05, 3.63) is 24.8 Å². The molecule has 0 unspecified atom stereocenters. The van der Waals surface area contributed by atoms with Gasteiger partial charge in [-0.15, -0.1) is 0 Å². The number of carbonyl (C=O) groups is 1. The van der Waals surface area contributed by atoms with E-state index < -0.39 is 0 Å². The van der Waals surface area contributed by atoms with Crippen molar-refractivity contribution in [2.24, 2.45) is 10.7 Å². The normalized spacial score (nSPS) is 15.6. The van der Waals surface area contributed by atoms with Crippen molar-refractivity contribution in [3.8, 4) is 5.75 Å². The SMILES string of the molecule is C=CC(=O)Nc1cc(NC(N)=NC)c(OC)cc1N1CCC(N(C)C)CC1. The Labute approximate surface area is 161 Å². The number of methoxy groups -OCH3 is 1. The molecule has 0 aliphatic carbocycles. The minimum atomic E-state index is -0.271. The number of guanidine groups is 1. The molecule has 1 aliphatic rings. The lowest BCUT2D eigenvalue weighted by atomic mass is 10.0. The zero-order valence-electron chi connectivity index (χ0n) is 16.6. The average molecular weight is 374 g/mol. The molecule has 2 rings (SSSR count). The van der Waals surface area contributed by atoms with E-state index in [1.807, 2.05) is 12.1 Å². The molecule has 1 aromatic carbocycles. The van der Waals surface area contributed by atoms with E-state index in [4.69, 9.17) is 10.5 Å². The minimum Gasteiger partial charge on any atom is -0.494 e. The predicted molar refractivity (Wildman–Crippen MR) is 112 cm³/mol. The molecule has 8 heteroatoms. The standard InChI is InChI=1S/C19H30N6O2/c1-6-18(26)22-14-11-15(23-19(20)21-2)17(27-5)12-16(14)25-9-7-13(8-10-25)24(3)4/h6,11-13H,1,7-10H2,2-5H3,(H,22,26)(H3,20,21,23). The van der Waals surface area contributed by atoms with Crippen LogP contribution in [0.4, 0.5) is 17.1 Å². The van der Waals surface area contributed by atoms with Gasteiger partial charge in [0, 0.05) is 32.2 Å². The fraction of sp³-hybridized carbons (Fsp3) is 0.474. The second-order valence-electron chi connectivity index (χ2n) is 6.68. The zero-order chi connectivity index (χ0) is 20.0. The number of aliphatic imine (C=N–C) groups is 1. The fourth-order valence-electron chi connectivity index (χ4n) is 3.20. The molecule has 0 bridgehead atoms.